The third-order valence-electron chi connectivity index (χ3n) is 5.16. The second-order valence-electron chi connectivity index (χ2n) is 6.45. The van der Waals surface area contributed by atoms with Crippen LogP contribution in [0.3, 0.4) is 0 Å². The predicted molar refractivity (Wildman–Crippen MR) is 77.4 cm³/mol. The maximum absolute atomic E-state index is 11.1. The Labute approximate surface area is 118 Å². The van der Waals surface area contributed by atoms with Gasteiger partial charge in [-0.1, -0.05) is 33.8 Å². The highest BCUT2D eigenvalue weighted by atomic mass is 16.6. The number of hydrogen-bond donors (Lipinski definition) is 1. The highest BCUT2D eigenvalue weighted by Gasteiger charge is 2.64. The number of nitro groups is 1. The van der Waals surface area contributed by atoms with Crippen molar-refractivity contribution in [1.82, 2.24) is 0 Å². The van der Waals surface area contributed by atoms with Crippen molar-refractivity contribution in [3.05, 3.63) is 33.9 Å². The zero-order valence-corrected chi connectivity index (χ0v) is 12.2. The predicted octanol–water partition coefficient (Wildman–Crippen LogP) is 3.56. The lowest BCUT2D eigenvalue weighted by atomic mass is 10.0. The van der Waals surface area contributed by atoms with E-state index >= 15 is 0 Å². The van der Waals surface area contributed by atoms with E-state index in [9.17, 15) is 10.1 Å². The van der Waals surface area contributed by atoms with Gasteiger partial charge in [-0.2, -0.15) is 5.26 Å². The molecule has 1 saturated carbocycles. The van der Waals surface area contributed by atoms with Gasteiger partial charge in [0.1, 0.15) is 17.3 Å². The van der Waals surface area contributed by atoms with Gasteiger partial charge in [-0.25, -0.2) is 0 Å². The average molecular weight is 273 g/mol. The highest BCUT2D eigenvalue weighted by Crippen LogP contribution is 2.68. The third kappa shape index (κ3) is 2.01. The number of rotatable bonds is 4. The summed E-state index contributed by atoms with van der Waals surface area (Å²) in [5.74, 6) is 0.459. The molecule has 0 spiro atoms. The summed E-state index contributed by atoms with van der Waals surface area (Å²) in [6.45, 7) is 9.51. The molecule has 0 atom stereocenters. The summed E-state index contributed by atoms with van der Waals surface area (Å²) in [6, 6.07) is 6.66. The molecule has 5 heteroatoms. The molecule has 0 aliphatic heterocycles. The molecule has 1 N–H and O–H groups in total. The first-order valence-corrected chi connectivity index (χ1v) is 6.65. The normalized spacial score (nSPS) is 19.1. The van der Waals surface area contributed by atoms with Gasteiger partial charge in [0.15, 0.2) is 0 Å². The monoisotopic (exact) mass is 273 g/mol. The van der Waals surface area contributed by atoms with Crippen LogP contribution in [0.4, 0.5) is 11.4 Å². The largest absolute Gasteiger partial charge is 0.379 e. The van der Waals surface area contributed by atoms with Crippen LogP contribution >= 0.6 is 0 Å². The lowest BCUT2D eigenvalue weighted by Gasteiger charge is -2.08. The van der Waals surface area contributed by atoms with Crippen molar-refractivity contribution in [1.29, 1.82) is 5.26 Å². The maximum atomic E-state index is 11.1. The summed E-state index contributed by atoms with van der Waals surface area (Å²) in [7, 11) is 0. The van der Waals surface area contributed by atoms with E-state index in [0.29, 0.717) is 18.2 Å². The smallest absolute Gasteiger partial charge is 0.309 e. The topological polar surface area (TPSA) is 79.0 Å². The van der Waals surface area contributed by atoms with Crippen LogP contribution in [0.25, 0.3) is 0 Å². The molecule has 2 rings (SSSR count). The molecule has 0 radical (unpaired) electrons. The fraction of sp³-hybridized carbons (Fsp3) is 0.533. The van der Waals surface area contributed by atoms with Crippen LogP contribution in [-0.4, -0.2) is 11.5 Å². The molecule has 1 fully saturated rings. The van der Waals surface area contributed by atoms with Crippen molar-refractivity contribution >= 4 is 11.4 Å². The van der Waals surface area contributed by atoms with E-state index in [-0.39, 0.29) is 22.1 Å². The number of nitrogens with one attached hydrogen (secondary N) is 1. The van der Waals surface area contributed by atoms with Crippen molar-refractivity contribution in [2.45, 2.75) is 27.7 Å². The molecule has 20 heavy (non-hydrogen) atoms. The average Bonchev–Trinajstić information content (AvgIpc) is 2.76. The highest BCUT2D eigenvalue weighted by molar-refractivity contribution is 5.68. The summed E-state index contributed by atoms with van der Waals surface area (Å²) in [5, 5.41) is 23.2. The molecule has 1 aliphatic rings. The molecule has 1 aromatic rings. The summed E-state index contributed by atoms with van der Waals surface area (Å²) in [4.78, 5) is 10.6. The Balaban J connectivity index is 2.20. The lowest BCUT2D eigenvalue weighted by molar-refractivity contribution is -0.384. The molecule has 0 amide bonds. The molecular formula is C15H19N3O2. The van der Waals surface area contributed by atoms with Crippen LogP contribution in [-0.2, 0) is 0 Å². The van der Waals surface area contributed by atoms with Crippen molar-refractivity contribution in [3.8, 4) is 6.07 Å². The first-order chi connectivity index (χ1) is 9.23. The lowest BCUT2D eigenvalue weighted by Crippen LogP contribution is -2.10. The second kappa shape index (κ2) is 4.48. The number of hydrogen-bond acceptors (Lipinski definition) is 4. The van der Waals surface area contributed by atoms with Crippen LogP contribution in [0.1, 0.15) is 33.3 Å². The molecule has 0 unspecified atom stereocenters. The molecule has 5 nitrogen and oxygen atoms in total. The molecule has 1 aromatic carbocycles. The van der Waals surface area contributed by atoms with Gasteiger partial charge in [0, 0.05) is 6.54 Å². The molecule has 0 aromatic heterocycles. The minimum Gasteiger partial charge on any atom is -0.379 e. The van der Waals surface area contributed by atoms with Crippen LogP contribution in [0.5, 0.6) is 0 Å². The maximum Gasteiger partial charge on any atom is 0.309 e. The molecule has 1 aliphatic carbocycles. The van der Waals surface area contributed by atoms with E-state index in [1.54, 1.807) is 12.1 Å². The van der Waals surface area contributed by atoms with Crippen LogP contribution < -0.4 is 5.32 Å². The Hall–Kier alpha value is -2.09. The molecular weight excluding hydrogens is 254 g/mol. The Morgan fingerprint density at radius 3 is 2.40 bits per heavy atom. The standard InChI is InChI=1S/C15H19N3O2/c1-14(2)12(15(14,3)4)9-17-11-7-5-6-10(8-16)13(11)18(19)20/h5-7,12,17H,9H2,1-4H3. The SMILES string of the molecule is CC1(C)C(CNc2cccc(C#N)c2[N+](=O)[O-])C1(C)C. The van der Waals surface area contributed by atoms with Gasteiger partial charge in [0.25, 0.3) is 0 Å². The zero-order valence-electron chi connectivity index (χ0n) is 12.2. The van der Waals surface area contributed by atoms with Gasteiger partial charge in [-0.15, -0.1) is 0 Å². The van der Waals surface area contributed by atoms with E-state index in [2.05, 4.69) is 33.0 Å². The molecule has 106 valence electrons. The van der Waals surface area contributed by atoms with Gasteiger partial charge >= 0.3 is 5.69 Å². The Bertz CT molecular complexity index is 586. The van der Waals surface area contributed by atoms with E-state index in [1.807, 2.05) is 6.07 Å². The van der Waals surface area contributed by atoms with Gasteiger partial charge in [-0.3, -0.25) is 10.1 Å². The Morgan fingerprint density at radius 2 is 1.95 bits per heavy atom. The fourth-order valence-corrected chi connectivity index (χ4v) is 3.03. The summed E-state index contributed by atoms with van der Waals surface area (Å²) in [6.07, 6.45) is 0. The summed E-state index contributed by atoms with van der Waals surface area (Å²) >= 11 is 0. The van der Waals surface area contributed by atoms with Crippen molar-refractivity contribution < 1.29 is 4.92 Å². The molecule has 0 bridgehead atoms. The number of nitro benzene ring substituents is 1. The van der Waals surface area contributed by atoms with Gasteiger partial charge in [0.05, 0.1) is 4.92 Å². The van der Waals surface area contributed by atoms with Gasteiger partial charge in [0.2, 0.25) is 0 Å². The minimum atomic E-state index is -0.496. The Morgan fingerprint density at radius 1 is 1.35 bits per heavy atom. The van der Waals surface area contributed by atoms with E-state index in [4.69, 9.17) is 5.26 Å². The Kier molecular flexibility index (Phi) is 3.21. The van der Waals surface area contributed by atoms with Crippen molar-refractivity contribution in [3.63, 3.8) is 0 Å². The number of nitrogens with zero attached hydrogens (tertiary/aromatic N) is 2. The van der Waals surface area contributed by atoms with Crippen LogP contribution in [0, 0.1) is 38.2 Å². The second-order valence-corrected chi connectivity index (χ2v) is 6.45. The summed E-state index contributed by atoms with van der Waals surface area (Å²) in [5.41, 5.74) is 0.830. The first-order valence-electron chi connectivity index (χ1n) is 6.65. The molecule has 0 saturated heterocycles. The number of benzene rings is 1. The number of nitriles is 1. The van der Waals surface area contributed by atoms with E-state index < -0.39 is 4.92 Å². The van der Waals surface area contributed by atoms with Gasteiger partial charge in [-0.05, 0) is 28.9 Å². The van der Waals surface area contributed by atoms with Crippen LogP contribution in [0.2, 0.25) is 0 Å². The first kappa shape index (κ1) is 14.3. The quantitative estimate of drug-likeness (QED) is 0.672. The summed E-state index contributed by atoms with van der Waals surface area (Å²) < 4.78 is 0. The zero-order chi connectivity index (χ0) is 15.1. The number of para-hydroxylation sites is 1. The van der Waals surface area contributed by atoms with Gasteiger partial charge < -0.3 is 5.32 Å². The van der Waals surface area contributed by atoms with Crippen LogP contribution in [0.15, 0.2) is 18.2 Å². The van der Waals surface area contributed by atoms with Crippen molar-refractivity contribution in [2.75, 3.05) is 11.9 Å². The van der Waals surface area contributed by atoms with E-state index in [1.165, 1.54) is 6.07 Å². The van der Waals surface area contributed by atoms with E-state index in [0.717, 1.165) is 0 Å². The third-order valence-corrected chi connectivity index (χ3v) is 5.16. The molecule has 0 heterocycles. The van der Waals surface area contributed by atoms with Crippen molar-refractivity contribution in [2.24, 2.45) is 16.7 Å². The fourth-order valence-electron chi connectivity index (χ4n) is 3.03. The number of anilines is 1. The minimum absolute atomic E-state index is 0.0920.